The van der Waals surface area contributed by atoms with Gasteiger partial charge in [-0.1, -0.05) is 54.2 Å². The van der Waals surface area contributed by atoms with Crippen LogP contribution in [-0.2, 0) is 16.0 Å². The number of carbonyl (C=O) groups excluding carboxylic acids is 3. The Labute approximate surface area is 213 Å². The van der Waals surface area contributed by atoms with E-state index in [0.29, 0.717) is 23.3 Å². The Morgan fingerprint density at radius 3 is 2.16 bits per heavy atom. The topological polar surface area (TPSA) is 90.9 Å². The maximum Gasteiger partial charge on any atom is 0.573 e. The number of esters is 1. The van der Waals surface area contributed by atoms with E-state index in [1.54, 1.807) is 54.6 Å². The molecular weight excluding hydrogens is 511 g/mol. The fourth-order valence-electron chi connectivity index (χ4n) is 3.49. The number of benzene rings is 3. The summed E-state index contributed by atoms with van der Waals surface area (Å²) in [5, 5.41) is 1.38. The maximum atomic E-state index is 12.6. The van der Waals surface area contributed by atoms with Crippen LogP contribution in [0.4, 0.5) is 18.0 Å². The molecular formula is C26H20F3NO6S. The van der Waals surface area contributed by atoms with Gasteiger partial charge in [-0.05, 0) is 53.9 Å². The van der Waals surface area contributed by atoms with Gasteiger partial charge in [-0.2, -0.15) is 0 Å². The zero-order valence-electron chi connectivity index (χ0n) is 19.1. The number of hydrogen-bond acceptors (Lipinski definition) is 7. The van der Waals surface area contributed by atoms with Gasteiger partial charge in [0.05, 0.1) is 10.8 Å². The van der Waals surface area contributed by atoms with Gasteiger partial charge in [-0.3, -0.25) is 14.9 Å². The van der Waals surface area contributed by atoms with E-state index in [4.69, 9.17) is 9.47 Å². The predicted octanol–water partition coefficient (Wildman–Crippen LogP) is 5.46. The second-order valence-electron chi connectivity index (χ2n) is 7.92. The second-order valence-corrected chi connectivity index (χ2v) is 9.09. The highest BCUT2D eigenvalue weighted by Gasteiger charge is 2.32. The van der Waals surface area contributed by atoms with Crippen LogP contribution in [0.25, 0.3) is 0 Å². The van der Waals surface area contributed by atoms with Gasteiger partial charge in [0.2, 0.25) is 5.91 Å². The summed E-state index contributed by atoms with van der Waals surface area (Å²) >= 11 is 0.942. The molecule has 0 aromatic heterocycles. The van der Waals surface area contributed by atoms with Crippen LogP contribution in [0, 0.1) is 0 Å². The first-order valence-corrected chi connectivity index (χ1v) is 11.9. The Hall–Kier alpha value is -3.99. The smallest absolute Gasteiger partial charge is 0.489 e. The quantitative estimate of drug-likeness (QED) is 0.367. The summed E-state index contributed by atoms with van der Waals surface area (Å²) in [6.07, 6.45) is -5.39. The van der Waals surface area contributed by atoms with Gasteiger partial charge in [0.15, 0.2) is 6.10 Å². The van der Waals surface area contributed by atoms with Crippen LogP contribution in [0.5, 0.6) is 11.5 Å². The molecule has 0 bridgehead atoms. The minimum Gasteiger partial charge on any atom is -0.489 e. The van der Waals surface area contributed by atoms with Crippen LogP contribution in [0.15, 0.2) is 78.9 Å². The minimum atomic E-state index is -4.83. The lowest BCUT2D eigenvalue weighted by atomic mass is 10.1. The van der Waals surface area contributed by atoms with Crippen molar-refractivity contribution in [2.75, 3.05) is 6.61 Å². The third-order valence-corrected chi connectivity index (χ3v) is 6.24. The molecule has 3 aromatic rings. The third-order valence-electron chi connectivity index (χ3n) is 5.26. The molecule has 1 heterocycles. The number of rotatable bonds is 9. The number of halogens is 3. The number of imide groups is 1. The summed E-state index contributed by atoms with van der Waals surface area (Å²) in [6.45, 7) is -0.118. The van der Waals surface area contributed by atoms with Crippen molar-refractivity contribution in [3.63, 3.8) is 0 Å². The van der Waals surface area contributed by atoms with Crippen LogP contribution in [0.1, 0.15) is 27.6 Å². The van der Waals surface area contributed by atoms with Gasteiger partial charge in [-0.25, -0.2) is 4.79 Å². The molecule has 0 spiro atoms. The van der Waals surface area contributed by atoms with Crippen molar-refractivity contribution in [2.24, 2.45) is 0 Å². The van der Waals surface area contributed by atoms with Crippen molar-refractivity contribution < 1.29 is 41.8 Å². The molecule has 1 unspecified atom stereocenters. The van der Waals surface area contributed by atoms with E-state index in [1.807, 2.05) is 0 Å². The Bertz CT molecular complexity index is 1250. The first-order valence-electron chi connectivity index (χ1n) is 11.0. The molecule has 2 amide bonds. The largest absolute Gasteiger partial charge is 0.573 e. The van der Waals surface area contributed by atoms with Crippen LogP contribution in [0.3, 0.4) is 0 Å². The first-order chi connectivity index (χ1) is 17.7. The molecule has 192 valence electrons. The van der Waals surface area contributed by atoms with Gasteiger partial charge >= 0.3 is 12.3 Å². The van der Waals surface area contributed by atoms with E-state index >= 15 is 0 Å². The summed E-state index contributed by atoms with van der Waals surface area (Å²) in [5.74, 6) is -0.912. The van der Waals surface area contributed by atoms with Crippen LogP contribution in [-0.4, -0.2) is 35.3 Å². The number of thioether (sulfide) groups is 1. The summed E-state index contributed by atoms with van der Waals surface area (Å²) in [6, 6.07) is 20.1. The average molecular weight is 532 g/mol. The summed E-state index contributed by atoms with van der Waals surface area (Å²) in [4.78, 5) is 35.7. The molecule has 0 saturated carbocycles. The van der Waals surface area contributed by atoms with E-state index in [0.717, 1.165) is 29.5 Å². The number of hydrogen-bond donors (Lipinski definition) is 1. The van der Waals surface area contributed by atoms with Gasteiger partial charge in [0.25, 0.3) is 5.24 Å². The Morgan fingerprint density at radius 1 is 0.919 bits per heavy atom. The second kappa shape index (κ2) is 11.4. The molecule has 1 aliphatic heterocycles. The fourth-order valence-corrected chi connectivity index (χ4v) is 4.35. The van der Waals surface area contributed by atoms with Gasteiger partial charge in [0, 0.05) is 0 Å². The lowest BCUT2D eigenvalue weighted by Crippen LogP contribution is -2.25. The number of ether oxygens (including phenoxy) is 3. The highest BCUT2D eigenvalue weighted by Crippen LogP contribution is 2.28. The highest BCUT2D eigenvalue weighted by molar-refractivity contribution is 8.15. The van der Waals surface area contributed by atoms with Gasteiger partial charge in [-0.15, -0.1) is 13.2 Å². The lowest BCUT2D eigenvalue weighted by Gasteiger charge is -2.20. The molecule has 3 aromatic carbocycles. The highest BCUT2D eigenvalue weighted by atomic mass is 32.2. The first kappa shape index (κ1) is 26.1. The van der Waals surface area contributed by atoms with Crippen LogP contribution in [0.2, 0.25) is 0 Å². The zero-order chi connectivity index (χ0) is 26.4. The Morgan fingerprint density at radius 2 is 1.57 bits per heavy atom. The van der Waals surface area contributed by atoms with Gasteiger partial charge < -0.3 is 14.2 Å². The normalized spacial score (nSPS) is 16.1. The summed E-state index contributed by atoms with van der Waals surface area (Å²) < 4.78 is 52.8. The molecule has 0 aliphatic carbocycles. The number of alkyl halides is 3. The van der Waals surface area contributed by atoms with Gasteiger partial charge in [0.1, 0.15) is 18.1 Å². The Kier molecular flexibility index (Phi) is 8.02. The van der Waals surface area contributed by atoms with Crippen molar-refractivity contribution in [1.82, 2.24) is 5.32 Å². The van der Waals surface area contributed by atoms with E-state index in [1.165, 1.54) is 12.1 Å². The molecule has 2 atom stereocenters. The zero-order valence-corrected chi connectivity index (χ0v) is 19.9. The predicted molar refractivity (Wildman–Crippen MR) is 128 cm³/mol. The minimum absolute atomic E-state index is 0.118. The monoisotopic (exact) mass is 531 g/mol. The molecule has 1 N–H and O–H groups in total. The van der Waals surface area contributed by atoms with Crippen LogP contribution < -0.4 is 14.8 Å². The van der Waals surface area contributed by atoms with E-state index < -0.39 is 29.4 Å². The standard InChI is InChI=1S/C26H20F3NO6S/c27-26(28,29)36-20-12-8-17(9-13-20)21(35-24(32)18-4-2-1-3-5-18)15-34-19-10-6-16(7-11-19)14-22-23(31)30-25(33)37-22/h1-13,21-22H,14-15H2,(H,30,31,33)/t21-,22?/m0/s1. The number of nitrogens with one attached hydrogen (secondary N) is 1. The molecule has 11 heteroatoms. The summed E-state index contributed by atoms with van der Waals surface area (Å²) in [5.41, 5.74) is 1.53. The molecule has 37 heavy (non-hydrogen) atoms. The SMILES string of the molecule is O=C1NC(=O)C(Cc2ccc(OC[C@H](OC(=O)c3ccccc3)c3ccc(OC(F)(F)F)cc3)cc2)S1. The molecule has 7 nitrogen and oxygen atoms in total. The lowest BCUT2D eigenvalue weighted by molar-refractivity contribution is -0.274. The van der Waals surface area contributed by atoms with Crippen molar-refractivity contribution in [3.05, 3.63) is 95.6 Å². The molecule has 1 saturated heterocycles. The van der Waals surface area contributed by atoms with Crippen molar-refractivity contribution >= 4 is 28.9 Å². The number of carbonyl (C=O) groups is 3. The van der Waals surface area contributed by atoms with Crippen molar-refractivity contribution in [2.45, 2.75) is 24.1 Å². The molecule has 1 aliphatic rings. The van der Waals surface area contributed by atoms with Crippen molar-refractivity contribution in [3.8, 4) is 11.5 Å². The van der Waals surface area contributed by atoms with E-state index in [2.05, 4.69) is 10.1 Å². The summed E-state index contributed by atoms with van der Waals surface area (Å²) in [7, 11) is 0. The number of amides is 2. The fraction of sp³-hybridized carbons (Fsp3) is 0.192. The van der Waals surface area contributed by atoms with Crippen molar-refractivity contribution in [1.29, 1.82) is 0 Å². The van der Waals surface area contributed by atoms with E-state index in [-0.39, 0.29) is 17.8 Å². The molecule has 0 radical (unpaired) electrons. The van der Waals surface area contributed by atoms with Crippen LogP contribution >= 0.6 is 11.8 Å². The van der Waals surface area contributed by atoms with E-state index in [9.17, 15) is 27.6 Å². The molecule has 4 rings (SSSR count). The Balaban J connectivity index is 1.44. The molecule has 1 fully saturated rings. The third kappa shape index (κ3) is 7.50. The maximum absolute atomic E-state index is 12.6. The average Bonchev–Trinajstić information content (AvgIpc) is 3.18.